The SMILES string of the molecule is CCCC[C@H](N1CC(C)(C)c2cc(F)ccc21)[C@](C)(CN1CCOCC1)OC(N)=O. The van der Waals surface area contributed by atoms with E-state index in [1.54, 1.807) is 6.07 Å². The number of primary amides is 1. The fourth-order valence-electron chi connectivity index (χ4n) is 5.00. The van der Waals surface area contributed by atoms with Crippen LogP contribution in [0.25, 0.3) is 0 Å². The summed E-state index contributed by atoms with van der Waals surface area (Å²) in [5.41, 5.74) is 6.56. The van der Waals surface area contributed by atoms with E-state index in [0.717, 1.165) is 50.1 Å². The van der Waals surface area contributed by atoms with E-state index in [4.69, 9.17) is 15.2 Å². The second-order valence-electron chi connectivity index (χ2n) is 9.45. The lowest BCUT2D eigenvalue weighted by atomic mass is 9.86. The molecule has 0 aromatic heterocycles. The third kappa shape index (κ3) is 4.89. The molecule has 2 heterocycles. The zero-order chi connectivity index (χ0) is 21.9. The highest BCUT2D eigenvalue weighted by Gasteiger charge is 2.47. The van der Waals surface area contributed by atoms with Crippen LogP contribution in [0.2, 0.25) is 0 Å². The molecule has 2 aliphatic rings. The van der Waals surface area contributed by atoms with Crippen LogP contribution in [0.4, 0.5) is 14.9 Å². The van der Waals surface area contributed by atoms with Crippen molar-refractivity contribution in [1.29, 1.82) is 0 Å². The molecule has 0 unspecified atom stereocenters. The summed E-state index contributed by atoms with van der Waals surface area (Å²) in [6, 6.07) is 4.94. The average molecular weight is 422 g/mol. The van der Waals surface area contributed by atoms with Gasteiger partial charge in [-0.2, -0.15) is 0 Å². The lowest BCUT2D eigenvalue weighted by Gasteiger charge is -2.46. The third-order valence-corrected chi connectivity index (χ3v) is 6.45. The van der Waals surface area contributed by atoms with Crippen molar-refractivity contribution in [3.05, 3.63) is 29.6 Å². The number of ether oxygens (including phenoxy) is 2. The minimum Gasteiger partial charge on any atom is -0.440 e. The van der Waals surface area contributed by atoms with Gasteiger partial charge in [0.05, 0.1) is 19.3 Å². The van der Waals surface area contributed by atoms with E-state index in [1.165, 1.54) is 6.07 Å². The van der Waals surface area contributed by atoms with Crippen molar-refractivity contribution >= 4 is 11.8 Å². The van der Waals surface area contributed by atoms with Crippen LogP contribution < -0.4 is 10.6 Å². The molecule has 1 aromatic rings. The van der Waals surface area contributed by atoms with Crippen molar-refractivity contribution in [3.63, 3.8) is 0 Å². The number of fused-ring (bicyclic) bond motifs is 1. The highest BCUT2D eigenvalue weighted by molar-refractivity contribution is 5.66. The first-order chi connectivity index (χ1) is 14.2. The van der Waals surface area contributed by atoms with E-state index >= 15 is 0 Å². The van der Waals surface area contributed by atoms with E-state index in [9.17, 15) is 9.18 Å². The molecule has 1 saturated heterocycles. The van der Waals surface area contributed by atoms with Crippen LogP contribution >= 0.6 is 0 Å². The Morgan fingerprint density at radius 1 is 1.37 bits per heavy atom. The summed E-state index contributed by atoms with van der Waals surface area (Å²) in [4.78, 5) is 16.5. The predicted octanol–water partition coefficient (Wildman–Crippen LogP) is 3.67. The molecule has 2 aliphatic heterocycles. The number of rotatable bonds is 8. The predicted molar refractivity (Wildman–Crippen MR) is 116 cm³/mol. The first-order valence-electron chi connectivity index (χ1n) is 11.0. The molecule has 168 valence electrons. The lowest BCUT2D eigenvalue weighted by Crippen LogP contribution is -2.60. The van der Waals surface area contributed by atoms with Crippen LogP contribution in [0, 0.1) is 5.82 Å². The standard InChI is InChI=1S/C23H36FN3O3/c1-5-6-7-20(23(4,30-21(25)28)16-26-10-12-29-13-11-26)27-15-22(2,3)18-14-17(24)8-9-19(18)27/h8-9,14,20H,5-7,10-13,15-16H2,1-4H3,(H2,25,28)/t20-,23-/m0/s1. The number of unbranched alkanes of at least 4 members (excludes halogenated alkanes) is 1. The fourth-order valence-corrected chi connectivity index (χ4v) is 5.00. The zero-order valence-corrected chi connectivity index (χ0v) is 18.7. The van der Waals surface area contributed by atoms with Crippen LogP contribution in [-0.4, -0.2) is 62.0 Å². The molecule has 3 rings (SSSR count). The third-order valence-electron chi connectivity index (χ3n) is 6.45. The highest BCUT2D eigenvalue weighted by atomic mass is 19.1. The Morgan fingerprint density at radius 2 is 2.07 bits per heavy atom. The van der Waals surface area contributed by atoms with Crippen LogP contribution in [0.5, 0.6) is 0 Å². The number of hydrogen-bond donors (Lipinski definition) is 1. The number of anilines is 1. The van der Waals surface area contributed by atoms with E-state index in [1.807, 2.05) is 13.0 Å². The number of nitrogens with two attached hydrogens (primary N) is 1. The smallest absolute Gasteiger partial charge is 0.405 e. The van der Waals surface area contributed by atoms with Gasteiger partial charge in [-0.05, 0) is 37.1 Å². The molecular formula is C23H36FN3O3. The summed E-state index contributed by atoms with van der Waals surface area (Å²) < 4.78 is 25.4. The Bertz CT molecular complexity index is 751. The molecule has 0 aliphatic carbocycles. The molecule has 1 amide bonds. The van der Waals surface area contributed by atoms with Crippen LogP contribution in [0.3, 0.4) is 0 Å². The molecule has 0 saturated carbocycles. The fraction of sp³-hybridized carbons (Fsp3) is 0.696. The van der Waals surface area contributed by atoms with Crippen molar-refractivity contribution in [2.75, 3.05) is 44.3 Å². The molecule has 1 aromatic carbocycles. The summed E-state index contributed by atoms with van der Waals surface area (Å²) in [6.45, 7) is 12.7. The summed E-state index contributed by atoms with van der Waals surface area (Å²) in [5, 5.41) is 0. The van der Waals surface area contributed by atoms with Gasteiger partial charge in [-0.25, -0.2) is 9.18 Å². The summed E-state index contributed by atoms with van der Waals surface area (Å²) in [5.74, 6) is -0.224. The van der Waals surface area contributed by atoms with Crippen molar-refractivity contribution in [3.8, 4) is 0 Å². The maximum Gasteiger partial charge on any atom is 0.405 e. The maximum absolute atomic E-state index is 14.0. The van der Waals surface area contributed by atoms with Gasteiger partial charge in [-0.1, -0.05) is 33.6 Å². The van der Waals surface area contributed by atoms with Gasteiger partial charge in [0, 0.05) is 37.3 Å². The highest BCUT2D eigenvalue weighted by Crippen LogP contribution is 2.44. The van der Waals surface area contributed by atoms with Crippen LogP contribution in [0.15, 0.2) is 18.2 Å². The molecule has 2 N–H and O–H groups in total. The van der Waals surface area contributed by atoms with Gasteiger partial charge in [0.15, 0.2) is 0 Å². The van der Waals surface area contributed by atoms with Crippen LogP contribution in [-0.2, 0) is 14.9 Å². The first kappa shape index (κ1) is 22.8. The Balaban J connectivity index is 1.99. The number of morpholine rings is 1. The molecule has 30 heavy (non-hydrogen) atoms. The van der Waals surface area contributed by atoms with Gasteiger partial charge in [0.25, 0.3) is 0 Å². The van der Waals surface area contributed by atoms with E-state index in [2.05, 4.69) is 30.6 Å². The van der Waals surface area contributed by atoms with Gasteiger partial charge in [0.1, 0.15) is 11.4 Å². The van der Waals surface area contributed by atoms with Gasteiger partial charge >= 0.3 is 6.09 Å². The minimum absolute atomic E-state index is 0.0706. The Labute approximate surface area is 179 Å². The van der Waals surface area contributed by atoms with E-state index in [-0.39, 0.29) is 17.3 Å². The van der Waals surface area contributed by atoms with Crippen molar-refractivity contribution in [2.24, 2.45) is 5.73 Å². The van der Waals surface area contributed by atoms with Gasteiger partial charge < -0.3 is 20.1 Å². The lowest BCUT2D eigenvalue weighted by molar-refractivity contribution is -0.0442. The summed E-state index contributed by atoms with van der Waals surface area (Å²) in [6.07, 6.45) is 2.13. The summed E-state index contributed by atoms with van der Waals surface area (Å²) >= 11 is 0. The Morgan fingerprint density at radius 3 is 2.70 bits per heavy atom. The normalized spacial score (nSPS) is 21.7. The number of nitrogens with zero attached hydrogens (tertiary/aromatic N) is 2. The molecule has 7 heteroatoms. The average Bonchev–Trinajstić information content (AvgIpc) is 2.92. The number of carbonyl (C=O) groups is 1. The topological polar surface area (TPSA) is 68.0 Å². The number of halogens is 1. The molecule has 2 atom stereocenters. The first-order valence-corrected chi connectivity index (χ1v) is 11.0. The number of amides is 1. The van der Waals surface area contributed by atoms with Crippen LogP contribution in [0.1, 0.15) is 52.5 Å². The van der Waals surface area contributed by atoms with Crippen molar-refractivity contribution in [2.45, 2.75) is 64.0 Å². The molecule has 1 fully saturated rings. The molecule has 0 spiro atoms. The molecule has 0 bridgehead atoms. The number of hydrogen-bond acceptors (Lipinski definition) is 5. The number of carbonyl (C=O) groups excluding carboxylic acids is 1. The minimum atomic E-state index is -0.801. The van der Waals surface area contributed by atoms with E-state index in [0.29, 0.717) is 19.8 Å². The second-order valence-corrected chi connectivity index (χ2v) is 9.45. The number of benzene rings is 1. The Kier molecular flexibility index (Phi) is 6.92. The summed E-state index contributed by atoms with van der Waals surface area (Å²) in [7, 11) is 0. The maximum atomic E-state index is 14.0. The monoisotopic (exact) mass is 421 g/mol. The van der Waals surface area contributed by atoms with Gasteiger partial charge in [-0.15, -0.1) is 0 Å². The second kappa shape index (κ2) is 9.10. The van der Waals surface area contributed by atoms with Gasteiger partial charge in [0.2, 0.25) is 0 Å². The van der Waals surface area contributed by atoms with Gasteiger partial charge in [-0.3, -0.25) is 4.90 Å². The molecular weight excluding hydrogens is 385 g/mol. The van der Waals surface area contributed by atoms with E-state index < -0.39 is 11.7 Å². The van der Waals surface area contributed by atoms with Crippen molar-refractivity contribution < 1.29 is 18.7 Å². The van der Waals surface area contributed by atoms with Crippen molar-refractivity contribution in [1.82, 2.24) is 4.90 Å². The molecule has 6 nitrogen and oxygen atoms in total. The molecule has 0 radical (unpaired) electrons. The largest absolute Gasteiger partial charge is 0.440 e. The Hall–Kier alpha value is -1.86. The zero-order valence-electron chi connectivity index (χ0n) is 18.7. The quantitative estimate of drug-likeness (QED) is 0.694.